The Labute approximate surface area is 216 Å². The molecule has 12 heteroatoms. The second-order valence-corrected chi connectivity index (χ2v) is 9.28. The van der Waals surface area contributed by atoms with E-state index in [-0.39, 0.29) is 22.3 Å². The monoisotopic (exact) mass is 514 g/mol. The van der Waals surface area contributed by atoms with Gasteiger partial charge in [0.15, 0.2) is 15.6 Å². The van der Waals surface area contributed by atoms with Crippen LogP contribution in [0, 0.1) is 18.3 Å². The molecule has 1 aliphatic rings. The summed E-state index contributed by atoms with van der Waals surface area (Å²) in [6.45, 7) is 4.51. The fraction of sp³-hybridized carbons (Fsp3) is 0.240. The number of benzene rings is 1. The zero-order valence-electron chi connectivity index (χ0n) is 20.1. The number of nitriles is 1. The van der Waals surface area contributed by atoms with Crippen LogP contribution in [0.3, 0.4) is 0 Å². The van der Waals surface area contributed by atoms with E-state index in [1.165, 1.54) is 19.5 Å². The number of methoxy groups -OCH3 is 1. The van der Waals surface area contributed by atoms with E-state index in [4.69, 9.17) is 4.74 Å². The first-order valence-corrected chi connectivity index (χ1v) is 12.3. The number of nitrogens with zero attached hydrogens (tertiary/aromatic N) is 6. The molecule has 2 amide bonds. The van der Waals surface area contributed by atoms with Gasteiger partial charge in [0.25, 0.3) is 11.8 Å². The highest BCUT2D eigenvalue weighted by atomic mass is 32.1. The molecule has 1 saturated heterocycles. The van der Waals surface area contributed by atoms with Crippen molar-refractivity contribution in [3.05, 3.63) is 59.2 Å². The van der Waals surface area contributed by atoms with Crippen molar-refractivity contribution in [2.24, 2.45) is 0 Å². The number of anilines is 1. The van der Waals surface area contributed by atoms with Crippen LogP contribution < -0.4 is 15.4 Å². The molecular formula is C25H22N8O3S. The van der Waals surface area contributed by atoms with Gasteiger partial charge >= 0.3 is 0 Å². The standard InChI is InChI=1S/C25H22N8O3S/c1-14-9-16(17-10-15(11-26)3-4-20(17)36-2)18(12-28-14)22(34)32-25-31-21-23(37-25)30-19(13-29-21)24(35)33-7-5-27-6-8-33/h3-4,9-10,12-13,27H,5-8H2,1-2H3,(H,29,31,32,34). The summed E-state index contributed by atoms with van der Waals surface area (Å²) < 4.78 is 5.48. The lowest BCUT2D eigenvalue weighted by Gasteiger charge is -2.26. The molecule has 0 bridgehead atoms. The Morgan fingerprint density at radius 2 is 1.95 bits per heavy atom. The van der Waals surface area contributed by atoms with E-state index in [1.807, 2.05) is 6.92 Å². The van der Waals surface area contributed by atoms with Crippen LogP contribution in [0.5, 0.6) is 5.75 Å². The first-order valence-electron chi connectivity index (χ1n) is 11.5. The molecule has 4 heterocycles. The number of carbonyl (C=O) groups is 2. The molecule has 0 atom stereocenters. The SMILES string of the molecule is COc1ccc(C#N)cc1-c1cc(C)ncc1C(=O)Nc1nc2ncc(C(=O)N3CCNCC3)nc2s1. The van der Waals surface area contributed by atoms with Gasteiger partial charge in [0, 0.05) is 49.2 Å². The van der Waals surface area contributed by atoms with Gasteiger partial charge in [0.2, 0.25) is 0 Å². The summed E-state index contributed by atoms with van der Waals surface area (Å²) in [6.07, 6.45) is 2.89. The molecule has 0 spiro atoms. The molecule has 0 radical (unpaired) electrons. The molecule has 4 aromatic rings. The van der Waals surface area contributed by atoms with E-state index >= 15 is 0 Å². The van der Waals surface area contributed by atoms with Crippen LogP contribution >= 0.6 is 11.3 Å². The Kier molecular flexibility index (Phi) is 6.72. The molecule has 1 aromatic carbocycles. The minimum atomic E-state index is -0.442. The topological polar surface area (TPSA) is 146 Å². The third-order valence-electron chi connectivity index (χ3n) is 5.87. The van der Waals surface area contributed by atoms with E-state index in [0.29, 0.717) is 51.7 Å². The van der Waals surface area contributed by atoms with Gasteiger partial charge in [-0.25, -0.2) is 9.97 Å². The molecule has 37 heavy (non-hydrogen) atoms. The highest BCUT2D eigenvalue weighted by Crippen LogP contribution is 2.34. The quantitative estimate of drug-likeness (QED) is 0.410. The van der Waals surface area contributed by atoms with E-state index < -0.39 is 5.91 Å². The van der Waals surface area contributed by atoms with Crippen LogP contribution in [-0.2, 0) is 0 Å². The number of thiazole rings is 1. The third-order valence-corrected chi connectivity index (χ3v) is 6.72. The van der Waals surface area contributed by atoms with Crippen LogP contribution in [0.15, 0.2) is 36.7 Å². The fourth-order valence-electron chi connectivity index (χ4n) is 4.02. The van der Waals surface area contributed by atoms with Gasteiger partial charge < -0.3 is 15.0 Å². The molecule has 3 aromatic heterocycles. The van der Waals surface area contributed by atoms with Crippen molar-refractivity contribution >= 4 is 38.8 Å². The number of hydrogen-bond acceptors (Lipinski definition) is 10. The predicted octanol–water partition coefficient (Wildman–Crippen LogP) is 2.63. The third kappa shape index (κ3) is 4.95. The molecule has 1 aliphatic heterocycles. The van der Waals surface area contributed by atoms with E-state index in [0.717, 1.165) is 24.4 Å². The lowest BCUT2D eigenvalue weighted by Crippen LogP contribution is -2.46. The molecule has 0 unspecified atom stereocenters. The minimum Gasteiger partial charge on any atom is -0.496 e. The van der Waals surface area contributed by atoms with Crippen molar-refractivity contribution in [2.45, 2.75) is 6.92 Å². The van der Waals surface area contributed by atoms with E-state index in [9.17, 15) is 14.9 Å². The number of rotatable bonds is 5. The van der Waals surface area contributed by atoms with Gasteiger partial charge in [-0.3, -0.25) is 19.9 Å². The first-order chi connectivity index (χ1) is 18.0. The lowest BCUT2D eigenvalue weighted by atomic mass is 9.97. The second-order valence-electron chi connectivity index (χ2n) is 8.30. The number of piperazine rings is 1. The summed E-state index contributed by atoms with van der Waals surface area (Å²) in [5.41, 5.74) is 3.17. The first kappa shape index (κ1) is 24.2. The van der Waals surface area contributed by atoms with E-state index in [2.05, 4.69) is 36.6 Å². The summed E-state index contributed by atoms with van der Waals surface area (Å²) in [7, 11) is 1.53. The van der Waals surface area contributed by atoms with Crippen molar-refractivity contribution in [1.29, 1.82) is 5.26 Å². The number of fused-ring (bicyclic) bond motifs is 1. The maximum atomic E-state index is 13.3. The average Bonchev–Trinajstić information content (AvgIpc) is 3.34. The van der Waals surface area contributed by atoms with Crippen LogP contribution in [-0.4, -0.2) is 69.9 Å². The van der Waals surface area contributed by atoms with Crippen LogP contribution in [0.1, 0.15) is 32.1 Å². The number of carbonyl (C=O) groups excluding carboxylic acids is 2. The molecule has 2 N–H and O–H groups in total. The molecule has 0 saturated carbocycles. The number of amides is 2. The van der Waals surface area contributed by atoms with Crippen LogP contribution in [0.25, 0.3) is 21.6 Å². The van der Waals surface area contributed by atoms with Crippen molar-refractivity contribution in [3.63, 3.8) is 0 Å². The van der Waals surface area contributed by atoms with Gasteiger partial charge in [-0.15, -0.1) is 0 Å². The summed E-state index contributed by atoms with van der Waals surface area (Å²) >= 11 is 1.13. The molecule has 11 nitrogen and oxygen atoms in total. The molecule has 186 valence electrons. The van der Waals surface area contributed by atoms with Crippen molar-refractivity contribution < 1.29 is 14.3 Å². The number of pyridine rings is 1. The van der Waals surface area contributed by atoms with Crippen LogP contribution in [0.2, 0.25) is 0 Å². The maximum Gasteiger partial charge on any atom is 0.274 e. The van der Waals surface area contributed by atoms with Gasteiger partial charge in [0.1, 0.15) is 11.4 Å². The zero-order valence-corrected chi connectivity index (χ0v) is 20.9. The Morgan fingerprint density at radius 3 is 2.70 bits per heavy atom. The van der Waals surface area contributed by atoms with Gasteiger partial charge in [0.05, 0.1) is 30.5 Å². The fourth-order valence-corrected chi connectivity index (χ4v) is 4.82. The Morgan fingerprint density at radius 1 is 1.14 bits per heavy atom. The number of nitrogens with one attached hydrogen (secondary N) is 2. The minimum absolute atomic E-state index is 0.182. The van der Waals surface area contributed by atoms with Crippen LogP contribution in [0.4, 0.5) is 5.13 Å². The van der Waals surface area contributed by atoms with Crippen molar-refractivity contribution in [3.8, 4) is 22.9 Å². The van der Waals surface area contributed by atoms with Gasteiger partial charge in [-0.2, -0.15) is 10.2 Å². The molecule has 0 aliphatic carbocycles. The number of aromatic nitrogens is 4. The molecule has 5 rings (SSSR count). The highest BCUT2D eigenvalue weighted by molar-refractivity contribution is 7.21. The Bertz CT molecular complexity index is 1560. The normalized spacial score (nSPS) is 13.3. The van der Waals surface area contributed by atoms with Gasteiger partial charge in [-0.05, 0) is 31.2 Å². The summed E-state index contributed by atoms with van der Waals surface area (Å²) in [5, 5.41) is 15.7. The van der Waals surface area contributed by atoms with Crippen molar-refractivity contribution in [1.82, 2.24) is 30.2 Å². The van der Waals surface area contributed by atoms with Gasteiger partial charge in [-0.1, -0.05) is 11.3 Å². The zero-order chi connectivity index (χ0) is 25.9. The maximum absolute atomic E-state index is 13.3. The average molecular weight is 515 g/mol. The smallest absolute Gasteiger partial charge is 0.274 e. The predicted molar refractivity (Wildman–Crippen MR) is 138 cm³/mol. The van der Waals surface area contributed by atoms with Crippen molar-refractivity contribution in [2.75, 3.05) is 38.6 Å². The largest absolute Gasteiger partial charge is 0.496 e. The molecule has 1 fully saturated rings. The summed E-state index contributed by atoms with van der Waals surface area (Å²) in [6, 6.07) is 8.90. The lowest BCUT2D eigenvalue weighted by molar-refractivity contribution is 0.0729. The highest BCUT2D eigenvalue weighted by Gasteiger charge is 2.22. The molecular weight excluding hydrogens is 492 g/mol. The second kappa shape index (κ2) is 10.3. The number of ether oxygens (including phenoxy) is 1. The van der Waals surface area contributed by atoms with E-state index in [1.54, 1.807) is 29.2 Å². The summed E-state index contributed by atoms with van der Waals surface area (Å²) in [5.74, 6) is -0.101. The number of hydrogen-bond donors (Lipinski definition) is 2. The number of aryl methyl sites for hydroxylation is 1. The summed E-state index contributed by atoms with van der Waals surface area (Å²) in [4.78, 5) is 45.7. The Hall–Kier alpha value is -4.47. The Balaban J connectivity index is 1.44.